The van der Waals surface area contributed by atoms with Gasteiger partial charge in [0.2, 0.25) is 0 Å². The average molecular weight is 327 g/mol. The summed E-state index contributed by atoms with van der Waals surface area (Å²) in [6.07, 6.45) is 1.07. The van der Waals surface area contributed by atoms with E-state index in [1.54, 1.807) is 7.11 Å². The largest absolute Gasteiger partial charge is 0.493 e. The van der Waals surface area contributed by atoms with Crippen molar-refractivity contribution in [2.75, 3.05) is 7.11 Å². The van der Waals surface area contributed by atoms with Gasteiger partial charge in [-0.3, -0.25) is 0 Å². The molecule has 0 aliphatic carbocycles. The summed E-state index contributed by atoms with van der Waals surface area (Å²) in [5, 5.41) is 3.59. The molecule has 0 amide bonds. The van der Waals surface area contributed by atoms with Crippen molar-refractivity contribution in [2.45, 2.75) is 52.8 Å². The summed E-state index contributed by atoms with van der Waals surface area (Å²) in [6.45, 7) is 9.98. The van der Waals surface area contributed by atoms with Crippen molar-refractivity contribution in [1.82, 2.24) is 5.32 Å². The van der Waals surface area contributed by atoms with Crippen molar-refractivity contribution in [3.63, 3.8) is 0 Å². The fourth-order valence-corrected chi connectivity index (χ4v) is 2.44. The lowest BCUT2D eigenvalue weighted by atomic mass is 10.0. The van der Waals surface area contributed by atoms with Gasteiger partial charge in [-0.05, 0) is 38.8 Å². The minimum atomic E-state index is 0.0941. The Bertz CT molecular complexity index is 665. The fraction of sp³-hybridized carbons (Fsp3) is 0.429. The Morgan fingerprint density at radius 3 is 2.50 bits per heavy atom. The molecule has 1 N–H and O–H groups in total. The number of nitrogens with one attached hydrogen (secondary N) is 1. The molecule has 0 fully saturated rings. The van der Waals surface area contributed by atoms with Crippen LogP contribution in [-0.4, -0.2) is 12.6 Å². The zero-order chi connectivity index (χ0) is 17.6. The first-order valence-electron chi connectivity index (χ1n) is 8.54. The molecule has 130 valence electrons. The van der Waals surface area contributed by atoms with Gasteiger partial charge in [0.05, 0.1) is 7.11 Å². The Balaban J connectivity index is 2.17. The molecule has 0 spiro atoms. The summed E-state index contributed by atoms with van der Waals surface area (Å²) in [6, 6.07) is 14.4. The summed E-state index contributed by atoms with van der Waals surface area (Å²) >= 11 is 0. The van der Waals surface area contributed by atoms with E-state index in [4.69, 9.17) is 9.47 Å². The smallest absolute Gasteiger partial charge is 0.166 e. The second kappa shape index (κ2) is 8.20. The number of hydrogen-bond donors (Lipinski definition) is 1. The minimum Gasteiger partial charge on any atom is -0.493 e. The van der Waals surface area contributed by atoms with Crippen LogP contribution in [0.15, 0.2) is 42.5 Å². The van der Waals surface area contributed by atoms with Gasteiger partial charge in [0, 0.05) is 17.6 Å². The van der Waals surface area contributed by atoms with Crippen LogP contribution < -0.4 is 14.8 Å². The molecular formula is C21H29NO2. The number of benzene rings is 2. The highest BCUT2D eigenvalue weighted by Gasteiger charge is 2.17. The summed E-state index contributed by atoms with van der Waals surface area (Å²) in [7, 11) is 1.68. The maximum Gasteiger partial charge on any atom is 0.166 e. The summed E-state index contributed by atoms with van der Waals surface area (Å²) in [4.78, 5) is 0. The number of rotatable bonds is 8. The Morgan fingerprint density at radius 1 is 1.08 bits per heavy atom. The van der Waals surface area contributed by atoms with E-state index in [1.807, 2.05) is 12.1 Å². The maximum atomic E-state index is 6.13. The second-order valence-electron chi connectivity index (χ2n) is 6.82. The van der Waals surface area contributed by atoms with Crippen LogP contribution >= 0.6 is 0 Å². The number of ether oxygens (including phenoxy) is 2. The zero-order valence-electron chi connectivity index (χ0n) is 15.5. The van der Waals surface area contributed by atoms with Gasteiger partial charge in [0.25, 0.3) is 0 Å². The molecule has 0 aliphatic heterocycles. The molecule has 2 aromatic rings. The molecule has 24 heavy (non-hydrogen) atoms. The summed E-state index contributed by atoms with van der Waals surface area (Å²) in [5.41, 5.74) is 3.61. The van der Waals surface area contributed by atoms with Crippen molar-refractivity contribution in [3.8, 4) is 11.5 Å². The van der Waals surface area contributed by atoms with Gasteiger partial charge in [-0.25, -0.2) is 0 Å². The van der Waals surface area contributed by atoms with Gasteiger partial charge < -0.3 is 14.8 Å². The van der Waals surface area contributed by atoms with Gasteiger partial charge in [0.15, 0.2) is 11.5 Å². The Labute approximate surface area is 146 Å². The van der Waals surface area contributed by atoms with E-state index in [-0.39, 0.29) is 5.54 Å². The molecule has 2 aromatic carbocycles. The normalized spacial score (nSPS) is 11.4. The first-order chi connectivity index (χ1) is 11.4. The van der Waals surface area contributed by atoms with Crippen LogP contribution in [0.25, 0.3) is 0 Å². The zero-order valence-corrected chi connectivity index (χ0v) is 15.5. The van der Waals surface area contributed by atoms with Crippen molar-refractivity contribution in [1.29, 1.82) is 0 Å². The van der Waals surface area contributed by atoms with Crippen LogP contribution in [0.1, 0.15) is 43.9 Å². The van der Waals surface area contributed by atoms with E-state index >= 15 is 0 Å². The molecule has 0 saturated carbocycles. The number of aryl methyl sites for hydroxylation is 1. The van der Waals surface area contributed by atoms with Crippen molar-refractivity contribution in [2.24, 2.45) is 0 Å². The quantitative estimate of drug-likeness (QED) is 0.751. The van der Waals surface area contributed by atoms with Crippen LogP contribution in [0.4, 0.5) is 0 Å². The molecule has 3 heteroatoms. The maximum absolute atomic E-state index is 6.13. The van der Waals surface area contributed by atoms with Gasteiger partial charge in [-0.1, -0.05) is 48.9 Å². The van der Waals surface area contributed by atoms with Crippen molar-refractivity contribution < 1.29 is 9.47 Å². The SMILES string of the molecule is CCC(C)(C)NCc1cccc(OC)c1OCc1cccc(C)c1. The van der Waals surface area contributed by atoms with Gasteiger partial charge >= 0.3 is 0 Å². The van der Waals surface area contributed by atoms with Crippen LogP contribution in [-0.2, 0) is 13.2 Å². The molecule has 0 heterocycles. The van der Waals surface area contributed by atoms with E-state index in [1.165, 1.54) is 5.56 Å². The van der Waals surface area contributed by atoms with Crippen LogP contribution in [0.3, 0.4) is 0 Å². The molecule has 0 atom stereocenters. The number of para-hydroxylation sites is 1. The number of methoxy groups -OCH3 is 1. The van der Waals surface area contributed by atoms with E-state index in [9.17, 15) is 0 Å². The molecule has 0 radical (unpaired) electrons. The molecule has 0 saturated heterocycles. The number of hydrogen-bond acceptors (Lipinski definition) is 3. The van der Waals surface area contributed by atoms with E-state index in [0.717, 1.165) is 35.6 Å². The third kappa shape index (κ3) is 5.00. The van der Waals surface area contributed by atoms with E-state index < -0.39 is 0 Å². The van der Waals surface area contributed by atoms with Gasteiger partial charge in [-0.2, -0.15) is 0 Å². The lowest BCUT2D eigenvalue weighted by molar-refractivity contribution is 0.278. The lowest BCUT2D eigenvalue weighted by Gasteiger charge is -2.25. The Hall–Kier alpha value is -2.00. The molecule has 2 rings (SSSR count). The van der Waals surface area contributed by atoms with E-state index in [2.05, 4.69) is 63.3 Å². The third-order valence-corrected chi connectivity index (χ3v) is 4.39. The lowest BCUT2D eigenvalue weighted by Crippen LogP contribution is -2.37. The van der Waals surface area contributed by atoms with Gasteiger partial charge in [-0.15, -0.1) is 0 Å². The molecule has 0 aromatic heterocycles. The molecule has 0 aliphatic rings. The van der Waals surface area contributed by atoms with Crippen molar-refractivity contribution in [3.05, 3.63) is 59.2 Å². The van der Waals surface area contributed by atoms with Crippen LogP contribution in [0.2, 0.25) is 0 Å². The fourth-order valence-electron chi connectivity index (χ4n) is 2.44. The predicted octanol–water partition coefficient (Wildman–Crippen LogP) is 4.86. The standard InChI is InChI=1S/C21H29NO2/c1-6-21(3,4)22-14-18-11-8-12-19(23-5)20(18)24-15-17-10-7-9-16(2)13-17/h7-13,22H,6,14-15H2,1-5H3. The molecule has 0 bridgehead atoms. The highest BCUT2D eigenvalue weighted by Crippen LogP contribution is 2.32. The summed E-state index contributed by atoms with van der Waals surface area (Å²) in [5.74, 6) is 1.59. The predicted molar refractivity (Wildman–Crippen MR) is 99.7 cm³/mol. The third-order valence-electron chi connectivity index (χ3n) is 4.39. The average Bonchev–Trinajstić information content (AvgIpc) is 2.58. The van der Waals surface area contributed by atoms with Crippen LogP contribution in [0, 0.1) is 6.92 Å². The minimum absolute atomic E-state index is 0.0941. The topological polar surface area (TPSA) is 30.5 Å². The van der Waals surface area contributed by atoms with Crippen LogP contribution in [0.5, 0.6) is 11.5 Å². The highest BCUT2D eigenvalue weighted by atomic mass is 16.5. The highest BCUT2D eigenvalue weighted by molar-refractivity contribution is 5.46. The Morgan fingerprint density at radius 2 is 1.83 bits per heavy atom. The van der Waals surface area contributed by atoms with E-state index in [0.29, 0.717) is 6.61 Å². The van der Waals surface area contributed by atoms with Crippen molar-refractivity contribution >= 4 is 0 Å². The second-order valence-corrected chi connectivity index (χ2v) is 6.82. The monoisotopic (exact) mass is 327 g/mol. The first kappa shape index (κ1) is 18.3. The molecular weight excluding hydrogens is 298 g/mol. The first-order valence-corrected chi connectivity index (χ1v) is 8.54. The molecule has 0 unspecified atom stereocenters. The summed E-state index contributed by atoms with van der Waals surface area (Å²) < 4.78 is 11.6. The molecule has 3 nitrogen and oxygen atoms in total. The van der Waals surface area contributed by atoms with Gasteiger partial charge in [0.1, 0.15) is 6.61 Å². The Kier molecular flexibility index (Phi) is 6.27.